The van der Waals surface area contributed by atoms with Crippen LogP contribution in [0, 0.1) is 5.92 Å². The van der Waals surface area contributed by atoms with Crippen LogP contribution < -0.4 is 19.7 Å². The molecule has 1 aromatic carbocycles. The zero-order valence-corrected chi connectivity index (χ0v) is 13.6. The zero-order valence-electron chi connectivity index (χ0n) is 12.8. The van der Waals surface area contributed by atoms with Crippen molar-refractivity contribution in [2.24, 2.45) is 5.92 Å². The Hall–Kier alpha value is -1.13. The molecule has 0 aromatic heterocycles. The van der Waals surface area contributed by atoms with Gasteiger partial charge in [-0.3, -0.25) is 0 Å². The van der Waals surface area contributed by atoms with E-state index in [1.54, 1.807) is 7.11 Å². The lowest BCUT2D eigenvalue weighted by Gasteiger charge is -2.38. The van der Waals surface area contributed by atoms with Crippen LogP contribution in [0.5, 0.6) is 11.5 Å². The van der Waals surface area contributed by atoms with Crippen LogP contribution in [0.3, 0.4) is 0 Å². The van der Waals surface area contributed by atoms with E-state index in [9.17, 15) is 0 Å². The second kappa shape index (κ2) is 7.23. The van der Waals surface area contributed by atoms with Crippen LogP contribution in [-0.4, -0.2) is 39.4 Å². The van der Waals surface area contributed by atoms with E-state index in [1.807, 2.05) is 12.1 Å². The van der Waals surface area contributed by atoms with E-state index in [0.29, 0.717) is 0 Å². The Kier molecular flexibility index (Phi) is 5.59. The Bertz CT molecular complexity index is 464. The Labute approximate surface area is 133 Å². The number of methoxy groups -OCH3 is 1. The second-order valence-corrected chi connectivity index (χ2v) is 5.88. The van der Waals surface area contributed by atoms with Crippen LogP contribution in [0.1, 0.15) is 19.8 Å². The molecule has 0 radical (unpaired) electrons. The lowest BCUT2D eigenvalue weighted by molar-refractivity contribution is 0.208. The van der Waals surface area contributed by atoms with Crippen molar-refractivity contribution in [3.63, 3.8) is 0 Å². The highest BCUT2D eigenvalue weighted by Crippen LogP contribution is 2.37. The molecule has 5 heteroatoms. The minimum Gasteiger partial charge on any atom is -0.497 e. The number of halogens is 1. The summed E-state index contributed by atoms with van der Waals surface area (Å²) in [7, 11) is 1.71. The first-order chi connectivity index (χ1) is 9.76. The van der Waals surface area contributed by atoms with Gasteiger partial charge in [0.1, 0.15) is 17.6 Å². The maximum Gasteiger partial charge on any atom is 0.143 e. The third kappa shape index (κ3) is 3.74. The summed E-state index contributed by atoms with van der Waals surface area (Å²) in [5, 5.41) is 3.50. The van der Waals surface area contributed by atoms with Gasteiger partial charge in [0.05, 0.1) is 19.3 Å². The van der Waals surface area contributed by atoms with Crippen molar-refractivity contribution in [3.05, 3.63) is 18.2 Å². The first-order valence-electron chi connectivity index (χ1n) is 7.56. The molecule has 2 unspecified atom stereocenters. The highest BCUT2D eigenvalue weighted by molar-refractivity contribution is 5.85. The Morgan fingerprint density at radius 2 is 2.29 bits per heavy atom. The predicted octanol–water partition coefficient (Wildman–Crippen LogP) is 2.70. The van der Waals surface area contributed by atoms with Crippen molar-refractivity contribution in [2.75, 3.05) is 38.2 Å². The number of benzene rings is 1. The van der Waals surface area contributed by atoms with Crippen LogP contribution >= 0.6 is 12.4 Å². The first-order valence-corrected chi connectivity index (χ1v) is 7.56. The van der Waals surface area contributed by atoms with Crippen LogP contribution in [0.15, 0.2) is 18.2 Å². The molecular weight excluding hydrogens is 288 g/mol. The molecule has 1 saturated heterocycles. The van der Waals surface area contributed by atoms with Crippen molar-refractivity contribution >= 4 is 18.1 Å². The number of hydrogen-bond acceptors (Lipinski definition) is 4. The van der Waals surface area contributed by atoms with Gasteiger partial charge < -0.3 is 19.7 Å². The van der Waals surface area contributed by atoms with Gasteiger partial charge >= 0.3 is 0 Å². The van der Waals surface area contributed by atoms with Gasteiger partial charge in [-0.1, -0.05) is 0 Å². The normalized spacial score (nSPS) is 24.6. The van der Waals surface area contributed by atoms with Crippen LogP contribution in [0.4, 0.5) is 5.69 Å². The molecule has 1 fully saturated rings. The maximum atomic E-state index is 5.94. The summed E-state index contributed by atoms with van der Waals surface area (Å²) < 4.78 is 11.3. The molecule has 2 heterocycles. The fourth-order valence-electron chi connectivity index (χ4n) is 3.20. The highest BCUT2D eigenvalue weighted by atomic mass is 35.5. The molecule has 4 nitrogen and oxygen atoms in total. The second-order valence-electron chi connectivity index (χ2n) is 5.88. The van der Waals surface area contributed by atoms with E-state index in [-0.39, 0.29) is 18.5 Å². The van der Waals surface area contributed by atoms with Crippen molar-refractivity contribution in [3.8, 4) is 11.5 Å². The number of ether oxygens (including phenoxy) is 2. The highest BCUT2D eigenvalue weighted by Gasteiger charge is 2.26. The molecule has 3 rings (SSSR count). The Morgan fingerprint density at radius 1 is 1.43 bits per heavy atom. The van der Waals surface area contributed by atoms with E-state index in [1.165, 1.54) is 25.1 Å². The van der Waals surface area contributed by atoms with Gasteiger partial charge in [0, 0.05) is 12.6 Å². The van der Waals surface area contributed by atoms with Gasteiger partial charge in [-0.05, 0) is 50.9 Å². The van der Waals surface area contributed by atoms with E-state index in [0.717, 1.165) is 37.1 Å². The van der Waals surface area contributed by atoms with Gasteiger partial charge in [-0.25, -0.2) is 0 Å². The van der Waals surface area contributed by atoms with Gasteiger partial charge in [-0.2, -0.15) is 0 Å². The fraction of sp³-hybridized carbons (Fsp3) is 0.625. The number of nitrogens with one attached hydrogen (secondary N) is 1. The van der Waals surface area contributed by atoms with Crippen molar-refractivity contribution in [1.82, 2.24) is 5.32 Å². The fourth-order valence-corrected chi connectivity index (χ4v) is 3.20. The summed E-state index contributed by atoms with van der Waals surface area (Å²) in [5.41, 5.74) is 1.17. The van der Waals surface area contributed by atoms with Gasteiger partial charge in [0.15, 0.2) is 0 Å². The standard InChI is InChI=1S/C16H24N2O2.ClH/c1-12-10-18(11-13-4-3-7-17-9-13)15-8-14(19-2)5-6-16(15)20-12;/h5-6,8,12-13,17H,3-4,7,9-11H2,1-2H3;1H. The molecule has 1 N–H and O–H groups in total. The summed E-state index contributed by atoms with van der Waals surface area (Å²) in [6, 6.07) is 6.09. The Balaban J connectivity index is 0.00000161. The minimum atomic E-state index is 0. The number of rotatable bonds is 3. The quantitative estimate of drug-likeness (QED) is 0.930. The van der Waals surface area contributed by atoms with Gasteiger partial charge in [0.2, 0.25) is 0 Å². The lowest BCUT2D eigenvalue weighted by atomic mass is 9.98. The predicted molar refractivity (Wildman–Crippen MR) is 88.1 cm³/mol. The van der Waals surface area contributed by atoms with E-state index < -0.39 is 0 Å². The van der Waals surface area contributed by atoms with Crippen molar-refractivity contribution in [1.29, 1.82) is 0 Å². The summed E-state index contributed by atoms with van der Waals surface area (Å²) in [6.45, 7) is 6.49. The molecule has 118 valence electrons. The molecule has 21 heavy (non-hydrogen) atoms. The maximum absolute atomic E-state index is 5.94. The zero-order chi connectivity index (χ0) is 13.9. The molecular formula is C16H25ClN2O2. The lowest BCUT2D eigenvalue weighted by Crippen LogP contribution is -2.44. The monoisotopic (exact) mass is 312 g/mol. The van der Waals surface area contributed by atoms with Crippen LogP contribution in [0.25, 0.3) is 0 Å². The number of anilines is 1. The summed E-state index contributed by atoms with van der Waals surface area (Å²) in [6.07, 6.45) is 2.85. The van der Waals surface area contributed by atoms with E-state index >= 15 is 0 Å². The van der Waals surface area contributed by atoms with Gasteiger partial charge in [-0.15, -0.1) is 12.4 Å². The minimum absolute atomic E-state index is 0. The summed E-state index contributed by atoms with van der Waals surface area (Å²) >= 11 is 0. The summed E-state index contributed by atoms with van der Waals surface area (Å²) in [4.78, 5) is 2.46. The van der Waals surface area contributed by atoms with E-state index in [2.05, 4.69) is 23.2 Å². The van der Waals surface area contributed by atoms with E-state index in [4.69, 9.17) is 9.47 Å². The van der Waals surface area contributed by atoms with Gasteiger partial charge in [0.25, 0.3) is 0 Å². The molecule has 1 aromatic rings. The SMILES string of the molecule is COc1ccc2c(c1)N(CC1CCCNC1)CC(C)O2.Cl. The molecule has 0 saturated carbocycles. The molecule has 0 aliphatic carbocycles. The molecule has 0 spiro atoms. The number of fused-ring (bicyclic) bond motifs is 1. The molecule has 0 amide bonds. The molecule has 2 aliphatic rings. The van der Waals surface area contributed by atoms with Crippen LogP contribution in [-0.2, 0) is 0 Å². The molecule has 0 bridgehead atoms. The summed E-state index contributed by atoms with van der Waals surface area (Å²) in [5.74, 6) is 2.61. The van der Waals surface area contributed by atoms with Crippen molar-refractivity contribution in [2.45, 2.75) is 25.9 Å². The first kappa shape index (κ1) is 16.2. The van der Waals surface area contributed by atoms with Crippen molar-refractivity contribution < 1.29 is 9.47 Å². The molecule has 2 aliphatic heterocycles. The molecule has 2 atom stereocenters. The average Bonchev–Trinajstić information content (AvgIpc) is 2.48. The third-order valence-corrected chi connectivity index (χ3v) is 4.19. The smallest absolute Gasteiger partial charge is 0.143 e. The largest absolute Gasteiger partial charge is 0.497 e. The number of piperidine rings is 1. The van der Waals surface area contributed by atoms with Crippen LogP contribution in [0.2, 0.25) is 0 Å². The number of nitrogens with zero attached hydrogens (tertiary/aromatic N) is 1. The average molecular weight is 313 g/mol. The number of hydrogen-bond donors (Lipinski definition) is 1. The third-order valence-electron chi connectivity index (χ3n) is 4.19. The Morgan fingerprint density at radius 3 is 3.00 bits per heavy atom. The topological polar surface area (TPSA) is 33.7 Å².